The molecule has 6 nitrogen and oxygen atoms in total. The lowest BCUT2D eigenvalue weighted by atomic mass is 9.84. The zero-order valence-electron chi connectivity index (χ0n) is 32.9. The van der Waals surface area contributed by atoms with Crippen molar-refractivity contribution in [2.24, 2.45) is 5.41 Å². The van der Waals surface area contributed by atoms with E-state index in [4.69, 9.17) is 14.2 Å². The summed E-state index contributed by atoms with van der Waals surface area (Å²) in [5.74, 6) is 5.14. The normalized spacial score (nSPS) is 13.1. The summed E-state index contributed by atoms with van der Waals surface area (Å²) < 4.78 is 18.3. The minimum atomic E-state index is -1.75. The lowest BCUT2D eigenvalue weighted by Crippen LogP contribution is -2.44. The van der Waals surface area contributed by atoms with Gasteiger partial charge in [-0.3, -0.25) is 9.59 Å². The van der Waals surface area contributed by atoms with E-state index in [1.54, 1.807) is 27.7 Å². The average Bonchev–Trinajstić information content (AvgIpc) is 3.60. The Bertz CT molecular complexity index is 2310. The number of ether oxygens (including phenoxy) is 3. The molecule has 0 heterocycles. The zero-order valence-corrected chi connectivity index (χ0v) is 33.7. The molecule has 0 aliphatic heterocycles. The van der Waals surface area contributed by atoms with E-state index in [0.717, 1.165) is 33.4 Å². The molecule has 7 heteroatoms. The van der Waals surface area contributed by atoms with Crippen LogP contribution in [0.15, 0.2) is 114 Å². The van der Waals surface area contributed by atoms with Crippen LogP contribution in [0.1, 0.15) is 72.2 Å². The lowest BCUT2D eigenvalue weighted by molar-refractivity contribution is -0.176. The van der Waals surface area contributed by atoms with Gasteiger partial charge < -0.3 is 14.2 Å². The average molecular weight is 763 g/mol. The van der Waals surface area contributed by atoms with Crippen LogP contribution in [0.4, 0.5) is 0 Å². The van der Waals surface area contributed by atoms with Crippen molar-refractivity contribution < 1.29 is 28.6 Å². The van der Waals surface area contributed by atoms with Crippen LogP contribution in [0.2, 0.25) is 0 Å². The molecular formula is C49H46O6S. The third kappa shape index (κ3) is 8.67. The SMILES string of the molecule is CSc1c(OC(=O)/C(=C/c2ccccc2)c2ccccc2)c2c(c(C#Cc3ccc(C)cc3)c1-c1ccc(C)cc1)CC(C(=O)OC(C)C)(C(=O)OC(C)C)C2. The number of rotatable bonds is 10. The molecule has 0 spiro atoms. The maximum Gasteiger partial charge on any atom is 0.344 e. The van der Waals surface area contributed by atoms with E-state index in [1.165, 1.54) is 11.8 Å². The van der Waals surface area contributed by atoms with E-state index in [0.29, 0.717) is 32.7 Å². The Morgan fingerprint density at radius 3 is 1.79 bits per heavy atom. The summed E-state index contributed by atoms with van der Waals surface area (Å²) in [6.45, 7) is 11.0. The summed E-state index contributed by atoms with van der Waals surface area (Å²) in [7, 11) is 0. The summed E-state index contributed by atoms with van der Waals surface area (Å²) in [6.07, 6.45) is 2.59. The van der Waals surface area contributed by atoms with Crippen LogP contribution in [0.5, 0.6) is 5.75 Å². The first-order valence-corrected chi connectivity index (χ1v) is 20.0. The fraction of sp³-hybridized carbons (Fsp3) is 0.245. The van der Waals surface area contributed by atoms with Gasteiger partial charge >= 0.3 is 17.9 Å². The first kappa shape index (κ1) is 39.8. The second-order valence-corrected chi connectivity index (χ2v) is 15.4. The number of hydrogen-bond donors (Lipinski definition) is 0. The predicted octanol–water partition coefficient (Wildman–Crippen LogP) is 10.2. The van der Waals surface area contributed by atoms with Crippen LogP contribution in [0.25, 0.3) is 22.8 Å². The zero-order chi connectivity index (χ0) is 40.0. The Hall–Kier alpha value is -5.84. The molecule has 0 radical (unpaired) electrons. The Morgan fingerprint density at radius 2 is 1.23 bits per heavy atom. The van der Waals surface area contributed by atoms with Crippen LogP contribution >= 0.6 is 11.8 Å². The maximum absolute atomic E-state index is 14.7. The molecule has 0 atom stereocenters. The van der Waals surface area contributed by atoms with E-state index < -0.39 is 35.5 Å². The first-order chi connectivity index (χ1) is 26.9. The summed E-state index contributed by atoms with van der Waals surface area (Å²) >= 11 is 1.42. The summed E-state index contributed by atoms with van der Waals surface area (Å²) in [4.78, 5) is 43.9. The minimum Gasteiger partial charge on any atom is -0.462 e. The Balaban J connectivity index is 1.65. The van der Waals surface area contributed by atoms with Gasteiger partial charge in [0.25, 0.3) is 0 Å². The molecule has 0 amide bonds. The minimum absolute atomic E-state index is 0.0547. The van der Waals surface area contributed by atoms with Gasteiger partial charge in [0.1, 0.15) is 5.75 Å². The number of carbonyl (C=O) groups is 3. The van der Waals surface area contributed by atoms with Crippen molar-refractivity contribution in [1.29, 1.82) is 0 Å². The van der Waals surface area contributed by atoms with Crippen LogP contribution in [-0.4, -0.2) is 36.4 Å². The number of thioether (sulfide) groups is 1. The van der Waals surface area contributed by atoms with Crippen LogP contribution in [-0.2, 0) is 36.7 Å². The van der Waals surface area contributed by atoms with Gasteiger partial charge in [-0.2, -0.15) is 0 Å². The molecule has 1 aliphatic carbocycles. The number of hydrogen-bond acceptors (Lipinski definition) is 7. The molecule has 56 heavy (non-hydrogen) atoms. The van der Waals surface area contributed by atoms with Gasteiger partial charge in [-0.25, -0.2) is 4.79 Å². The topological polar surface area (TPSA) is 78.9 Å². The molecule has 0 N–H and O–H groups in total. The van der Waals surface area contributed by atoms with Crippen molar-refractivity contribution in [1.82, 2.24) is 0 Å². The van der Waals surface area contributed by atoms with Crippen LogP contribution in [0.3, 0.4) is 0 Å². The van der Waals surface area contributed by atoms with Crippen LogP contribution < -0.4 is 4.74 Å². The number of benzene rings is 5. The Kier molecular flexibility index (Phi) is 12.3. The van der Waals surface area contributed by atoms with E-state index in [2.05, 4.69) is 11.8 Å². The van der Waals surface area contributed by atoms with Crippen molar-refractivity contribution in [2.75, 3.05) is 6.26 Å². The van der Waals surface area contributed by atoms with Gasteiger partial charge in [-0.15, -0.1) is 11.8 Å². The standard InChI is InChI=1S/C49H46O6S/c1-31(2)53-47(51)49(48(52)54-32(3)4)29-41-39(27-24-35-22-18-33(5)19-23-35)43(38-25-20-34(6)21-26-38)45(56-7)44(42(41)30-49)55-46(50)40(37-16-12-9-13-17-37)28-36-14-10-8-11-15-36/h8-23,25-26,28,31-32H,29-30H2,1-7H3/b40-28+. The fourth-order valence-electron chi connectivity index (χ4n) is 6.83. The van der Waals surface area contributed by atoms with Gasteiger partial charge in [-0.05, 0) is 88.3 Å². The van der Waals surface area contributed by atoms with Crippen LogP contribution in [0, 0.1) is 31.1 Å². The molecule has 0 fully saturated rings. The quantitative estimate of drug-likeness (QED) is 0.0267. The van der Waals surface area contributed by atoms with Gasteiger partial charge in [0.15, 0.2) is 5.41 Å². The van der Waals surface area contributed by atoms with Gasteiger partial charge in [0.05, 0.1) is 22.7 Å². The smallest absolute Gasteiger partial charge is 0.344 e. The molecular weight excluding hydrogens is 717 g/mol. The molecule has 6 rings (SSSR count). The van der Waals surface area contributed by atoms with Crippen molar-refractivity contribution >= 4 is 41.3 Å². The number of aryl methyl sites for hydroxylation is 2. The third-order valence-corrected chi connectivity index (χ3v) is 10.4. The Morgan fingerprint density at radius 1 is 0.696 bits per heavy atom. The summed E-state index contributed by atoms with van der Waals surface area (Å²) in [6, 6.07) is 35.0. The molecule has 0 saturated heterocycles. The van der Waals surface area contributed by atoms with E-state index in [9.17, 15) is 14.4 Å². The number of carbonyl (C=O) groups excluding carboxylic acids is 3. The molecule has 0 aromatic heterocycles. The molecule has 0 unspecified atom stereocenters. The Labute approximate surface area is 334 Å². The summed E-state index contributed by atoms with van der Waals surface area (Å²) in [5, 5.41) is 0. The monoisotopic (exact) mass is 762 g/mol. The van der Waals surface area contributed by atoms with Crippen molar-refractivity contribution in [3.63, 3.8) is 0 Å². The highest BCUT2D eigenvalue weighted by Crippen LogP contribution is 2.52. The summed E-state index contributed by atoms with van der Waals surface area (Å²) in [5.41, 5.74) is 6.52. The highest BCUT2D eigenvalue weighted by Gasteiger charge is 2.56. The van der Waals surface area contributed by atoms with Gasteiger partial charge in [0.2, 0.25) is 0 Å². The molecule has 0 saturated carbocycles. The predicted molar refractivity (Wildman–Crippen MR) is 224 cm³/mol. The maximum atomic E-state index is 14.7. The van der Waals surface area contributed by atoms with Crippen molar-refractivity contribution in [2.45, 2.75) is 71.5 Å². The van der Waals surface area contributed by atoms with E-state index in [-0.39, 0.29) is 18.6 Å². The molecule has 0 bridgehead atoms. The van der Waals surface area contributed by atoms with Gasteiger partial charge in [-0.1, -0.05) is 120 Å². The lowest BCUT2D eigenvalue weighted by Gasteiger charge is -2.26. The molecule has 5 aromatic rings. The largest absolute Gasteiger partial charge is 0.462 e. The second kappa shape index (κ2) is 17.3. The van der Waals surface area contributed by atoms with Crippen molar-refractivity contribution in [3.05, 3.63) is 154 Å². The number of fused-ring (bicyclic) bond motifs is 1. The fourth-order valence-corrected chi connectivity index (χ4v) is 7.60. The molecule has 1 aliphatic rings. The van der Waals surface area contributed by atoms with Crippen molar-refractivity contribution in [3.8, 4) is 28.7 Å². The highest BCUT2D eigenvalue weighted by molar-refractivity contribution is 7.98. The van der Waals surface area contributed by atoms with E-state index in [1.807, 2.05) is 135 Å². The molecule has 284 valence electrons. The highest BCUT2D eigenvalue weighted by atomic mass is 32.2. The van der Waals surface area contributed by atoms with Gasteiger partial charge in [0, 0.05) is 35.1 Å². The molecule has 5 aromatic carbocycles. The third-order valence-electron chi connectivity index (χ3n) is 9.59. The first-order valence-electron chi connectivity index (χ1n) is 18.8. The van der Waals surface area contributed by atoms with E-state index >= 15 is 0 Å². The number of esters is 3. The second-order valence-electron chi connectivity index (χ2n) is 14.6.